The van der Waals surface area contributed by atoms with Crippen LogP contribution in [0, 0.1) is 0 Å². The first kappa shape index (κ1) is 14.2. The number of phenolic OH excluding ortho intramolecular Hbond substituents is 2. The quantitative estimate of drug-likeness (QED) is 0.632. The summed E-state index contributed by atoms with van der Waals surface area (Å²) in [5.74, 6) is 0.432. The monoisotopic (exact) mass is 273 g/mol. The van der Waals surface area contributed by atoms with Gasteiger partial charge in [-0.15, -0.1) is 0 Å². The second-order valence-electron chi connectivity index (χ2n) is 5.24. The maximum atomic E-state index is 10.4. The molecular formula is C16H19NO3. The number of hydrogen-bond donors (Lipinski definition) is 4. The van der Waals surface area contributed by atoms with Crippen LogP contribution in [-0.2, 0) is 6.42 Å². The van der Waals surface area contributed by atoms with Gasteiger partial charge in [-0.25, -0.2) is 0 Å². The van der Waals surface area contributed by atoms with Crippen LogP contribution in [0.25, 0.3) is 0 Å². The van der Waals surface area contributed by atoms with Crippen molar-refractivity contribution in [3.63, 3.8) is 0 Å². The number of aromatic hydroxyl groups is 2. The molecule has 0 aliphatic heterocycles. The van der Waals surface area contributed by atoms with Crippen molar-refractivity contribution in [2.75, 3.05) is 11.9 Å². The Morgan fingerprint density at radius 2 is 1.40 bits per heavy atom. The average molecular weight is 273 g/mol. The fraction of sp³-hybridized carbons (Fsp3) is 0.250. The van der Waals surface area contributed by atoms with Gasteiger partial charge in [-0.3, -0.25) is 0 Å². The van der Waals surface area contributed by atoms with Crippen molar-refractivity contribution in [3.8, 4) is 11.5 Å². The summed E-state index contributed by atoms with van der Waals surface area (Å²) in [5, 5.41) is 32.0. The van der Waals surface area contributed by atoms with Gasteiger partial charge in [0.25, 0.3) is 0 Å². The third-order valence-corrected chi connectivity index (χ3v) is 3.06. The number of hydrogen-bond acceptors (Lipinski definition) is 4. The molecule has 0 aromatic heterocycles. The largest absolute Gasteiger partial charge is 0.508 e. The maximum absolute atomic E-state index is 10.4. The van der Waals surface area contributed by atoms with Gasteiger partial charge in [0.05, 0.1) is 5.60 Å². The van der Waals surface area contributed by atoms with E-state index < -0.39 is 5.60 Å². The smallest absolute Gasteiger partial charge is 0.115 e. The summed E-state index contributed by atoms with van der Waals surface area (Å²) in [7, 11) is 0. The molecule has 4 N–H and O–H groups in total. The van der Waals surface area contributed by atoms with Crippen LogP contribution >= 0.6 is 0 Å². The van der Waals surface area contributed by atoms with Gasteiger partial charge >= 0.3 is 0 Å². The fourth-order valence-electron chi connectivity index (χ4n) is 1.99. The standard InChI is InChI=1S/C16H19NO3/c1-16(20,10-12-2-6-14(18)7-3-12)11-17-13-4-8-15(19)9-5-13/h2-9,17-20H,10-11H2,1H3/t16-/m0/s1. The molecule has 4 heteroatoms. The molecule has 0 radical (unpaired) electrons. The van der Waals surface area contributed by atoms with Crippen LogP contribution in [0.15, 0.2) is 48.5 Å². The normalized spacial score (nSPS) is 13.7. The van der Waals surface area contributed by atoms with Gasteiger partial charge in [0, 0.05) is 18.7 Å². The molecule has 106 valence electrons. The van der Waals surface area contributed by atoms with E-state index >= 15 is 0 Å². The first-order valence-corrected chi connectivity index (χ1v) is 6.48. The summed E-state index contributed by atoms with van der Waals surface area (Å²) < 4.78 is 0. The summed E-state index contributed by atoms with van der Waals surface area (Å²) in [5.41, 5.74) is 0.892. The van der Waals surface area contributed by atoms with E-state index in [9.17, 15) is 15.3 Å². The summed E-state index contributed by atoms with van der Waals surface area (Å²) in [6.07, 6.45) is 0.484. The van der Waals surface area contributed by atoms with E-state index in [1.807, 2.05) is 0 Å². The van der Waals surface area contributed by atoms with E-state index in [1.165, 1.54) is 0 Å². The Hall–Kier alpha value is -2.20. The third-order valence-electron chi connectivity index (χ3n) is 3.06. The predicted octanol–water partition coefficient (Wildman–Crippen LogP) is 2.50. The lowest BCUT2D eigenvalue weighted by atomic mass is 9.96. The number of rotatable bonds is 5. The van der Waals surface area contributed by atoms with Gasteiger partial charge in [-0.1, -0.05) is 12.1 Å². The molecule has 0 saturated carbocycles. The zero-order valence-electron chi connectivity index (χ0n) is 11.4. The summed E-state index contributed by atoms with van der Waals surface area (Å²) in [6.45, 7) is 2.14. The average Bonchev–Trinajstić information content (AvgIpc) is 2.41. The van der Waals surface area contributed by atoms with Crippen LogP contribution in [0.2, 0.25) is 0 Å². The van der Waals surface area contributed by atoms with Crippen molar-refractivity contribution in [3.05, 3.63) is 54.1 Å². The maximum Gasteiger partial charge on any atom is 0.115 e. The zero-order chi connectivity index (χ0) is 14.6. The number of nitrogens with one attached hydrogen (secondary N) is 1. The molecule has 0 heterocycles. The highest BCUT2D eigenvalue weighted by Gasteiger charge is 2.20. The molecule has 0 bridgehead atoms. The third kappa shape index (κ3) is 4.17. The number of aliphatic hydroxyl groups is 1. The minimum Gasteiger partial charge on any atom is -0.508 e. The molecule has 0 aliphatic carbocycles. The highest BCUT2D eigenvalue weighted by molar-refractivity contribution is 5.46. The Balaban J connectivity index is 1.93. The van der Waals surface area contributed by atoms with Crippen molar-refractivity contribution >= 4 is 5.69 Å². The lowest BCUT2D eigenvalue weighted by Crippen LogP contribution is -2.35. The second kappa shape index (κ2) is 5.84. The van der Waals surface area contributed by atoms with Gasteiger partial charge in [0.15, 0.2) is 0 Å². The highest BCUT2D eigenvalue weighted by atomic mass is 16.3. The van der Waals surface area contributed by atoms with E-state index in [-0.39, 0.29) is 11.5 Å². The lowest BCUT2D eigenvalue weighted by molar-refractivity contribution is 0.0741. The van der Waals surface area contributed by atoms with Crippen molar-refractivity contribution in [2.45, 2.75) is 18.9 Å². The zero-order valence-corrected chi connectivity index (χ0v) is 11.4. The molecule has 0 spiro atoms. The number of anilines is 1. The van der Waals surface area contributed by atoms with Gasteiger partial charge in [-0.2, -0.15) is 0 Å². The van der Waals surface area contributed by atoms with Crippen molar-refractivity contribution in [1.82, 2.24) is 0 Å². The Labute approximate surface area is 118 Å². The van der Waals surface area contributed by atoms with Crippen molar-refractivity contribution in [1.29, 1.82) is 0 Å². The second-order valence-corrected chi connectivity index (χ2v) is 5.24. The molecule has 0 saturated heterocycles. The molecule has 20 heavy (non-hydrogen) atoms. The van der Waals surface area contributed by atoms with Crippen molar-refractivity contribution < 1.29 is 15.3 Å². The lowest BCUT2D eigenvalue weighted by Gasteiger charge is -2.24. The van der Waals surface area contributed by atoms with Gasteiger partial charge in [0.1, 0.15) is 11.5 Å². The SMILES string of the molecule is C[C@@](O)(CNc1ccc(O)cc1)Cc1ccc(O)cc1. The van der Waals surface area contributed by atoms with Gasteiger partial charge in [-0.05, 0) is 48.9 Å². The molecule has 0 unspecified atom stereocenters. The number of phenols is 2. The Kier molecular flexibility index (Phi) is 4.15. The summed E-state index contributed by atoms with van der Waals surface area (Å²) >= 11 is 0. The Morgan fingerprint density at radius 1 is 0.900 bits per heavy atom. The minimum absolute atomic E-state index is 0.214. The first-order valence-electron chi connectivity index (χ1n) is 6.48. The van der Waals surface area contributed by atoms with Gasteiger partial charge in [0.2, 0.25) is 0 Å². The predicted molar refractivity (Wildman–Crippen MR) is 79.0 cm³/mol. The van der Waals surface area contributed by atoms with Crippen LogP contribution < -0.4 is 5.32 Å². The molecule has 2 aromatic carbocycles. The molecule has 4 nitrogen and oxygen atoms in total. The van der Waals surface area contributed by atoms with E-state index in [0.717, 1.165) is 11.3 Å². The van der Waals surface area contributed by atoms with E-state index in [1.54, 1.807) is 55.5 Å². The fourth-order valence-corrected chi connectivity index (χ4v) is 1.99. The van der Waals surface area contributed by atoms with E-state index in [4.69, 9.17) is 0 Å². The topological polar surface area (TPSA) is 72.7 Å². The van der Waals surface area contributed by atoms with Crippen LogP contribution in [0.4, 0.5) is 5.69 Å². The Morgan fingerprint density at radius 3 is 1.95 bits per heavy atom. The van der Waals surface area contributed by atoms with Crippen LogP contribution in [0.1, 0.15) is 12.5 Å². The molecule has 2 aromatic rings. The molecule has 0 aliphatic rings. The molecular weight excluding hydrogens is 254 g/mol. The number of benzene rings is 2. The van der Waals surface area contributed by atoms with Gasteiger partial charge < -0.3 is 20.6 Å². The molecule has 0 amide bonds. The summed E-state index contributed by atoms with van der Waals surface area (Å²) in [6, 6.07) is 13.5. The highest BCUT2D eigenvalue weighted by Crippen LogP contribution is 2.18. The Bertz CT molecular complexity index is 547. The first-order chi connectivity index (χ1) is 9.44. The molecule has 2 rings (SSSR count). The minimum atomic E-state index is -0.908. The molecule has 0 fully saturated rings. The summed E-state index contributed by atoms with van der Waals surface area (Å²) in [4.78, 5) is 0. The van der Waals surface area contributed by atoms with E-state index in [0.29, 0.717) is 13.0 Å². The van der Waals surface area contributed by atoms with Crippen molar-refractivity contribution in [2.24, 2.45) is 0 Å². The van der Waals surface area contributed by atoms with Crippen LogP contribution in [-0.4, -0.2) is 27.5 Å². The molecule has 1 atom stereocenters. The van der Waals surface area contributed by atoms with Crippen LogP contribution in [0.3, 0.4) is 0 Å². The van der Waals surface area contributed by atoms with Crippen LogP contribution in [0.5, 0.6) is 11.5 Å². The van der Waals surface area contributed by atoms with E-state index in [2.05, 4.69) is 5.32 Å².